The summed E-state index contributed by atoms with van der Waals surface area (Å²) in [6.45, 7) is 6.26. The van der Waals surface area contributed by atoms with Crippen LogP contribution in [0.4, 0.5) is 14.5 Å². The molecule has 0 amide bonds. The minimum absolute atomic E-state index is 0.120. The second-order valence-corrected chi connectivity index (χ2v) is 5.29. The molecule has 5 heteroatoms. The van der Waals surface area contributed by atoms with E-state index in [1.54, 1.807) is 11.8 Å². The number of anilines is 1. The average Bonchev–Trinajstić information content (AvgIpc) is 2.27. The summed E-state index contributed by atoms with van der Waals surface area (Å²) in [6, 6.07) is 3.28. The number of rotatable bonds is 2. The van der Waals surface area contributed by atoms with Crippen molar-refractivity contribution in [1.29, 1.82) is 0 Å². The van der Waals surface area contributed by atoms with Crippen molar-refractivity contribution < 1.29 is 13.5 Å². The zero-order chi connectivity index (χ0) is 13.4. The molecular weight excluding hydrogens is 250 g/mol. The third-order valence-corrected chi connectivity index (χ3v) is 3.93. The van der Waals surface area contributed by atoms with Gasteiger partial charge in [0, 0.05) is 26.2 Å². The first-order valence-corrected chi connectivity index (χ1v) is 6.67. The van der Waals surface area contributed by atoms with Gasteiger partial charge in [0.05, 0.1) is 19.3 Å². The van der Waals surface area contributed by atoms with Gasteiger partial charge in [-0.3, -0.25) is 4.90 Å². The molecule has 1 aromatic carbocycles. The minimum atomic E-state index is -0.460. The Hall–Kier alpha value is -1.20. The number of hydrogen-bond acceptors (Lipinski definition) is 3. The summed E-state index contributed by atoms with van der Waals surface area (Å²) in [5.74, 6) is -0.921. The summed E-state index contributed by atoms with van der Waals surface area (Å²) in [7, 11) is 0. The standard InChI is InChI=1S/C14H18F2N2O/c1-10-6-12(15)14(13(16)7-10)18-4-2-17(3-5-18)11-8-19-9-11/h6-7,11H,2-5,8-9H2,1H3. The fraction of sp³-hybridized carbons (Fsp3) is 0.571. The van der Waals surface area contributed by atoms with Gasteiger partial charge in [-0.25, -0.2) is 8.78 Å². The van der Waals surface area contributed by atoms with Crippen LogP contribution in [0.3, 0.4) is 0 Å². The topological polar surface area (TPSA) is 15.7 Å². The third-order valence-electron chi connectivity index (χ3n) is 3.93. The van der Waals surface area contributed by atoms with Gasteiger partial charge in [-0.2, -0.15) is 0 Å². The maximum absolute atomic E-state index is 13.9. The quantitative estimate of drug-likeness (QED) is 0.813. The lowest BCUT2D eigenvalue weighted by Crippen LogP contribution is -2.56. The molecule has 2 saturated heterocycles. The monoisotopic (exact) mass is 268 g/mol. The van der Waals surface area contributed by atoms with E-state index in [1.807, 2.05) is 0 Å². The van der Waals surface area contributed by atoms with E-state index in [0.717, 1.165) is 26.3 Å². The molecule has 0 radical (unpaired) electrons. The smallest absolute Gasteiger partial charge is 0.149 e. The van der Waals surface area contributed by atoms with Gasteiger partial charge < -0.3 is 9.64 Å². The van der Waals surface area contributed by atoms with Crippen LogP contribution in [0.15, 0.2) is 12.1 Å². The van der Waals surface area contributed by atoms with E-state index in [0.29, 0.717) is 24.7 Å². The maximum Gasteiger partial charge on any atom is 0.149 e. The lowest BCUT2D eigenvalue weighted by Gasteiger charge is -2.43. The Kier molecular flexibility index (Phi) is 3.41. The average molecular weight is 268 g/mol. The molecule has 104 valence electrons. The van der Waals surface area contributed by atoms with Crippen molar-refractivity contribution in [3.05, 3.63) is 29.3 Å². The molecule has 2 aliphatic rings. The third kappa shape index (κ3) is 2.44. The fourth-order valence-electron chi connectivity index (χ4n) is 2.74. The van der Waals surface area contributed by atoms with E-state index in [1.165, 1.54) is 12.1 Å². The van der Waals surface area contributed by atoms with Crippen LogP contribution in [-0.2, 0) is 4.74 Å². The molecule has 0 atom stereocenters. The number of piperazine rings is 1. The normalized spacial score (nSPS) is 21.5. The minimum Gasteiger partial charge on any atom is -0.378 e. The molecule has 2 fully saturated rings. The van der Waals surface area contributed by atoms with Gasteiger partial charge in [0.2, 0.25) is 0 Å². The van der Waals surface area contributed by atoms with E-state index in [2.05, 4.69) is 4.90 Å². The lowest BCUT2D eigenvalue weighted by molar-refractivity contribution is -0.0661. The summed E-state index contributed by atoms with van der Waals surface area (Å²) in [4.78, 5) is 4.14. The van der Waals surface area contributed by atoms with Gasteiger partial charge in [-0.15, -0.1) is 0 Å². The molecule has 19 heavy (non-hydrogen) atoms. The summed E-state index contributed by atoms with van der Waals surface area (Å²) in [6.07, 6.45) is 0. The van der Waals surface area contributed by atoms with Crippen molar-refractivity contribution in [2.24, 2.45) is 0 Å². The Labute approximate surface area is 111 Å². The van der Waals surface area contributed by atoms with Crippen molar-refractivity contribution in [3.8, 4) is 0 Å². The van der Waals surface area contributed by atoms with Gasteiger partial charge in [0.25, 0.3) is 0 Å². The number of aryl methyl sites for hydroxylation is 1. The van der Waals surface area contributed by atoms with E-state index < -0.39 is 11.6 Å². The van der Waals surface area contributed by atoms with Crippen molar-refractivity contribution in [2.45, 2.75) is 13.0 Å². The number of hydrogen-bond donors (Lipinski definition) is 0. The number of nitrogens with zero attached hydrogens (tertiary/aromatic N) is 2. The van der Waals surface area contributed by atoms with Crippen LogP contribution in [0.5, 0.6) is 0 Å². The van der Waals surface area contributed by atoms with Crippen LogP contribution in [0, 0.1) is 18.6 Å². The predicted octanol–water partition coefficient (Wildman–Crippen LogP) is 1.79. The Bertz CT molecular complexity index is 446. The van der Waals surface area contributed by atoms with Crippen LogP contribution >= 0.6 is 0 Å². The highest BCUT2D eigenvalue weighted by molar-refractivity contribution is 5.51. The highest BCUT2D eigenvalue weighted by Crippen LogP contribution is 2.26. The van der Waals surface area contributed by atoms with Crippen LogP contribution in [0.25, 0.3) is 0 Å². The number of ether oxygens (including phenoxy) is 1. The van der Waals surface area contributed by atoms with Gasteiger partial charge in [0.1, 0.15) is 17.3 Å². The summed E-state index contributed by atoms with van der Waals surface area (Å²) < 4.78 is 33.0. The van der Waals surface area contributed by atoms with E-state index in [-0.39, 0.29) is 5.69 Å². The van der Waals surface area contributed by atoms with Crippen LogP contribution in [0.2, 0.25) is 0 Å². The SMILES string of the molecule is Cc1cc(F)c(N2CCN(C3COC3)CC2)c(F)c1. The van der Waals surface area contributed by atoms with Gasteiger partial charge in [-0.05, 0) is 24.6 Å². The van der Waals surface area contributed by atoms with E-state index >= 15 is 0 Å². The molecule has 0 unspecified atom stereocenters. The Morgan fingerprint density at radius 2 is 1.63 bits per heavy atom. The largest absolute Gasteiger partial charge is 0.378 e. The van der Waals surface area contributed by atoms with Crippen molar-refractivity contribution >= 4 is 5.69 Å². The zero-order valence-corrected chi connectivity index (χ0v) is 11.0. The Morgan fingerprint density at radius 1 is 1.05 bits per heavy atom. The Balaban J connectivity index is 1.71. The van der Waals surface area contributed by atoms with Crippen molar-refractivity contribution in [1.82, 2.24) is 4.90 Å². The van der Waals surface area contributed by atoms with Crippen LogP contribution in [-0.4, -0.2) is 50.3 Å². The molecule has 3 rings (SSSR count). The van der Waals surface area contributed by atoms with E-state index in [4.69, 9.17) is 4.74 Å². The number of halogens is 2. The molecule has 0 saturated carbocycles. The van der Waals surface area contributed by atoms with Crippen molar-refractivity contribution in [3.63, 3.8) is 0 Å². The van der Waals surface area contributed by atoms with Gasteiger partial charge >= 0.3 is 0 Å². The van der Waals surface area contributed by atoms with Gasteiger partial charge in [-0.1, -0.05) is 0 Å². The van der Waals surface area contributed by atoms with Crippen molar-refractivity contribution in [2.75, 3.05) is 44.3 Å². The molecule has 0 spiro atoms. The first kappa shape index (κ1) is 12.8. The first-order chi connectivity index (χ1) is 9.15. The molecular formula is C14H18F2N2O. The second-order valence-electron chi connectivity index (χ2n) is 5.29. The second kappa shape index (κ2) is 5.06. The number of benzene rings is 1. The highest BCUT2D eigenvalue weighted by Gasteiger charge is 2.30. The molecule has 0 N–H and O–H groups in total. The molecule has 2 heterocycles. The lowest BCUT2D eigenvalue weighted by atomic mass is 10.1. The summed E-state index contributed by atoms with van der Waals surface area (Å²) >= 11 is 0. The molecule has 1 aromatic rings. The molecule has 0 aromatic heterocycles. The van der Waals surface area contributed by atoms with E-state index in [9.17, 15) is 8.78 Å². The highest BCUT2D eigenvalue weighted by atomic mass is 19.1. The summed E-state index contributed by atoms with van der Waals surface area (Å²) in [5, 5.41) is 0. The molecule has 3 nitrogen and oxygen atoms in total. The molecule has 2 aliphatic heterocycles. The first-order valence-electron chi connectivity index (χ1n) is 6.67. The Morgan fingerprint density at radius 3 is 2.11 bits per heavy atom. The molecule has 0 bridgehead atoms. The zero-order valence-electron chi connectivity index (χ0n) is 11.0. The van der Waals surface area contributed by atoms with Crippen LogP contribution in [0.1, 0.15) is 5.56 Å². The summed E-state index contributed by atoms with van der Waals surface area (Å²) in [5.41, 5.74) is 0.735. The van der Waals surface area contributed by atoms with Gasteiger partial charge in [0.15, 0.2) is 0 Å². The maximum atomic E-state index is 13.9. The predicted molar refractivity (Wildman–Crippen MR) is 69.5 cm³/mol. The van der Waals surface area contributed by atoms with Crippen LogP contribution < -0.4 is 4.90 Å². The fourth-order valence-corrected chi connectivity index (χ4v) is 2.74. The molecule has 0 aliphatic carbocycles.